The fourth-order valence-corrected chi connectivity index (χ4v) is 3.91. The number of esters is 2. The number of rotatable bonds is 10. The zero-order chi connectivity index (χ0) is 26.1. The van der Waals surface area contributed by atoms with Gasteiger partial charge in [0, 0.05) is 36.6 Å². The number of aliphatic hydroxyl groups is 1. The first-order chi connectivity index (χ1) is 17.3. The summed E-state index contributed by atoms with van der Waals surface area (Å²) in [7, 11) is 0. The molecule has 3 rings (SSSR count). The molecule has 188 valence electrons. The summed E-state index contributed by atoms with van der Waals surface area (Å²) in [6, 6.07) is 15.2. The molecule has 2 aromatic rings. The van der Waals surface area contributed by atoms with E-state index in [1.54, 1.807) is 19.9 Å². The summed E-state index contributed by atoms with van der Waals surface area (Å²) >= 11 is 0. The fraction of sp³-hybridized carbons (Fsp3) is 0.259. The highest BCUT2D eigenvalue weighted by Crippen LogP contribution is 2.39. The van der Waals surface area contributed by atoms with Crippen LogP contribution in [0.2, 0.25) is 0 Å². The number of carbonyl (C=O) groups is 2. The number of nitro benzene ring substituents is 1. The van der Waals surface area contributed by atoms with Crippen LogP contribution in [0.25, 0.3) is 6.08 Å². The van der Waals surface area contributed by atoms with Crippen LogP contribution in [0, 0.1) is 10.1 Å². The molecule has 9 nitrogen and oxygen atoms in total. The van der Waals surface area contributed by atoms with Crippen molar-refractivity contribution in [2.45, 2.75) is 26.2 Å². The number of carbonyl (C=O) groups excluding carboxylic acids is 2. The zero-order valence-electron chi connectivity index (χ0n) is 20.1. The average Bonchev–Trinajstić information content (AvgIpc) is 2.86. The number of aliphatic hydroxyl groups excluding tert-OH is 1. The monoisotopic (exact) mass is 492 g/mol. The molecule has 0 spiro atoms. The van der Waals surface area contributed by atoms with Crippen molar-refractivity contribution in [3.63, 3.8) is 0 Å². The second kappa shape index (κ2) is 12.5. The van der Waals surface area contributed by atoms with E-state index in [0.29, 0.717) is 17.0 Å². The lowest BCUT2D eigenvalue weighted by Gasteiger charge is -2.30. The molecule has 1 unspecified atom stereocenters. The Labute approximate surface area is 208 Å². The van der Waals surface area contributed by atoms with E-state index in [4.69, 9.17) is 14.6 Å². The number of allylic oxidation sites excluding steroid dienone is 2. The van der Waals surface area contributed by atoms with Gasteiger partial charge in [0.2, 0.25) is 0 Å². The Balaban J connectivity index is 1.91. The molecule has 1 aliphatic heterocycles. The van der Waals surface area contributed by atoms with Crippen molar-refractivity contribution in [1.82, 2.24) is 5.32 Å². The van der Waals surface area contributed by atoms with E-state index in [1.807, 2.05) is 36.4 Å². The van der Waals surface area contributed by atoms with E-state index >= 15 is 0 Å². The molecule has 0 aromatic heterocycles. The predicted octanol–water partition coefficient (Wildman–Crippen LogP) is 4.01. The Morgan fingerprint density at radius 1 is 1.00 bits per heavy atom. The summed E-state index contributed by atoms with van der Waals surface area (Å²) in [6.45, 7) is 3.27. The van der Waals surface area contributed by atoms with Crippen LogP contribution in [0.1, 0.15) is 37.3 Å². The lowest BCUT2D eigenvalue weighted by atomic mass is 9.80. The number of nitrogens with one attached hydrogen (secondary N) is 1. The summed E-state index contributed by atoms with van der Waals surface area (Å²) in [5, 5.41) is 23.2. The Morgan fingerprint density at radius 3 is 2.19 bits per heavy atom. The second-order valence-corrected chi connectivity index (χ2v) is 8.11. The lowest BCUT2D eigenvalue weighted by Crippen LogP contribution is -2.32. The number of hydrogen-bond acceptors (Lipinski definition) is 8. The molecular weight excluding hydrogens is 464 g/mol. The van der Waals surface area contributed by atoms with E-state index < -0.39 is 22.8 Å². The van der Waals surface area contributed by atoms with E-state index in [2.05, 4.69) is 5.32 Å². The number of nitro groups is 1. The highest BCUT2D eigenvalue weighted by molar-refractivity contribution is 6.00. The number of ether oxygens (including phenoxy) is 2. The molecule has 1 heterocycles. The number of benzene rings is 2. The minimum Gasteiger partial charge on any atom is -0.462 e. The number of nitrogens with zero attached hydrogens (tertiary/aromatic N) is 1. The molecule has 0 saturated heterocycles. The van der Waals surface area contributed by atoms with Crippen LogP contribution in [-0.4, -0.2) is 41.8 Å². The standard InChI is InChI=1S/C27H28N2O7/c1-18-23(26(31)35-16-6-10-20-8-4-3-5-9-20)25(21-11-13-22(14-12-21)29(33)34)24(19(2)28-18)27(32)36-17-7-15-30/h3-6,8-14,25,28,30H,7,15-17H2,1-2H3/b10-6+. The van der Waals surface area contributed by atoms with Crippen molar-refractivity contribution in [2.75, 3.05) is 19.8 Å². The van der Waals surface area contributed by atoms with Crippen molar-refractivity contribution in [3.8, 4) is 0 Å². The molecule has 1 atom stereocenters. The van der Waals surface area contributed by atoms with E-state index in [-0.39, 0.29) is 43.1 Å². The van der Waals surface area contributed by atoms with Gasteiger partial charge in [0.25, 0.3) is 5.69 Å². The summed E-state index contributed by atoms with van der Waals surface area (Å²) in [5.74, 6) is -2.15. The van der Waals surface area contributed by atoms with Crippen LogP contribution >= 0.6 is 0 Å². The smallest absolute Gasteiger partial charge is 0.337 e. The Morgan fingerprint density at radius 2 is 1.61 bits per heavy atom. The Bertz CT molecular complexity index is 1200. The highest BCUT2D eigenvalue weighted by Gasteiger charge is 2.38. The van der Waals surface area contributed by atoms with Gasteiger partial charge in [0.05, 0.1) is 28.6 Å². The van der Waals surface area contributed by atoms with Gasteiger partial charge in [0.15, 0.2) is 0 Å². The summed E-state index contributed by atoms with van der Waals surface area (Å²) in [5.41, 5.74) is 2.73. The summed E-state index contributed by atoms with van der Waals surface area (Å²) < 4.78 is 10.8. The maximum Gasteiger partial charge on any atom is 0.337 e. The molecule has 9 heteroatoms. The van der Waals surface area contributed by atoms with Crippen LogP contribution < -0.4 is 5.32 Å². The van der Waals surface area contributed by atoms with Crippen molar-refractivity contribution in [1.29, 1.82) is 0 Å². The maximum absolute atomic E-state index is 13.2. The highest BCUT2D eigenvalue weighted by atomic mass is 16.6. The number of dihydropyridines is 1. The Hall–Kier alpha value is -4.24. The number of hydrogen-bond donors (Lipinski definition) is 2. The molecule has 1 aliphatic rings. The molecule has 0 bridgehead atoms. The summed E-state index contributed by atoms with van der Waals surface area (Å²) in [6.07, 6.45) is 3.81. The zero-order valence-corrected chi connectivity index (χ0v) is 20.1. The molecular formula is C27H28N2O7. The Kier molecular flexibility index (Phi) is 9.13. The third kappa shape index (κ3) is 6.45. The first-order valence-electron chi connectivity index (χ1n) is 11.4. The SMILES string of the molecule is CC1=C(C(=O)OC/C=C/c2ccccc2)C(c2ccc([N+](=O)[O-])cc2)C(C(=O)OCCCO)=C(C)N1. The quantitative estimate of drug-likeness (QED) is 0.220. The molecule has 0 saturated carbocycles. The topological polar surface area (TPSA) is 128 Å². The van der Waals surface area contributed by atoms with Crippen LogP contribution in [0.3, 0.4) is 0 Å². The van der Waals surface area contributed by atoms with Gasteiger partial charge in [-0.15, -0.1) is 0 Å². The van der Waals surface area contributed by atoms with Gasteiger partial charge in [-0.1, -0.05) is 48.5 Å². The van der Waals surface area contributed by atoms with Gasteiger partial charge in [-0.3, -0.25) is 10.1 Å². The third-order valence-electron chi connectivity index (χ3n) is 5.59. The van der Waals surface area contributed by atoms with Gasteiger partial charge in [0.1, 0.15) is 6.61 Å². The van der Waals surface area contributed by atoms with Crippen molar-refractivity contribution in [2.24, 2.45) is 0 Å². The molecule has 2 aromatic carbocycles. The largest absolute Gasteiger partial charge is 0.462 e. The predicted molar refractivity (Wildman–Crippen MR) is 133 cm³/mol. The van der Waals surface area contributed by atoms with Gasteiger partial charge in [-0.25, -0.2) is 9.59 Å². The summed E-state index contributed by atoms with van der Waals surface area (Å²) in [4.78, 5) is 36.9. The molecule has 2 N–H and O–H groups in total. The maximum atomic E-state index is 13.2. The normalized spacial score (nSPS) is 15.6. The van der Waals surface area contributed by atoms with Gasteiger partial charge in [-0.2, -0.15) is 0 Å². The van der Waals surface area contributed by atoms with E-state index in [9.17, 15) is 19.7 Å². The van der Waals surface area contributed by atoms with Crippen molar-refractivity contribution >= 4 is 23.7 Å². The van der Waals surface area contributed by atoms with Crippen LogP contribution in [0.15, 0.2) is 83.2 Å². The minimum absolute atomic E-state index is 0.00581. The number of non-ortho nitro benzene ring substituents is 1. The molecule has 36 heavy (non-hydrogen) atoms. The third-order valence-corrected chi connectivity index (χ3v) is 5.59. The molecule has 0 aliphatic carbocycles. The van der Waals surface area contributed by atoms with E-state index in [1.165, 1.54) is 24.3 Å². The van der Waals surface area contributed by atoms with E-state index in [0.717, 1.165) is 5.56 Å². The molecule has 0 fully saturated rings. The van der Waals surface area contributed by atoms with Gasteiger partial charge < -0.3 is 19.9 Å². The fourth-order valence-electron chi connectivity index (χ4n) is 3.91. The molecule has 0 radical (unpaired) electrons. The first kappa shape index (κ1) is 26.4. The van der Waals surface area contributed by atoms with Crippen LogP contribution in [0.4, 0.5) is 5.69 Å². The van der Waals surface area contributed by atoms with Crippen LogP contribution in [-0.2, 0) is 19.1 Å². The lowest BCUT2D eigenvalue weighted by molar-refractivity contribution is -0.384. The first-order valence-corrected chi connectivity index (χ1v) is 11.4. The van der Waals surface area contributed by atoms with Gasteiger partial charge >= 0.3 is 11.9 Å². The van der Waals surface area contributed by atoms with Gasteiger partial charge in [-0.05, 0) is 31.1 Å². The van der Waals surface area contributed by atoms with Crippen LogP contribution in [0.5, 0.6) is 0 Å². The molecule has 0 amide bonds. The average molecular weight is 493 g/mol. The van der Waals surface area contributed by atoms with Crippen molar-refractivity contribution < 1.29 is 29.1 Å². The second-order valence-electron chi connectivity index (χ2n) is 8.11. The van der Waals surface area contributed by atoms with Crippen molar-refractivity contribution in [3.05, 3.63) is 104 Å². The minimum atomic E-state index is -0.862.